The number of ether oxygens (including phenoxy) is 3. The summed E-state index contributed by atoms with van der Waals surface area (Å²) in [6.07, 6.45) is 5.26. The molecule has 24 heavy (non-hydrogen) atoms. The van der Waals surface area contributed by atoms with Crippen molar-refractivity contribution in [2.24, 2.45) is 7.05 Å². The van der Waals surface area contributed by atoms with Crippen molar-refractivity contribution < 1.29 is 19.0 Å². The molecule has 3 rings (SSSR count). The third-order valence-corrected chi connectivity index (χ3v) is 3.74. The second-order valence-electron chi connectivity index (χ2n) is 5.41. The molecule has 0 aliphatic carbocycles. The van der Waals surface area contributed by atoms with Gasteiger partial charge in [0.1, 0.15) is 11.7 Å². The van der Waals surface area contributed by atoms with Crippen LogP contribution in [0.25, 0.3) is 0 Å². The van der Waals surface area contributed by atoms with Crippen LogP contribution in [-0.2, 0) is 7.05 Å². The summed E-state index contributed by atoms with van der Waals surface area (Å²) >= 11 is 0. The molecule has 0 aromatic carbocycles. The number of amides is 1. The molecule has 0 bridgehead atoms. The van der Waals surface area contributed by atoms with Gasteiger partial charge < -0.3 is 19.1 Å². The molecule has 3 heterocycles. The lowest BCUT2D eigenvalue weighted by Gasteiger charge is -2.16. The molecule has 1 atom stereocenters. The quantitative estimate of drug-likeness (QED) is 0.787. The van der Waals surface area contributed by atoms with E-state index in [9.17, 15) is 4.79 Å². The predicted octanol–water partition coefficient (Wildman–Crippen LogP) is 0.521. The lowest BCUT2D eigenvalue weighted by atomic mass is 10.3. The van der Waals surface area contributed by atoms with E-state index >= 15 is 0 Å². The monoisotopic (exact) mass is 333 g/mol. The Morgan fingerprint density at radius 3 is 2.79 bits per heavy atom. The molecule has 9 heteroatoms. The van der Waals surface area contributed by atoms with E-state index in [-0.39, 0.29) is 12.0 Å². The van der Waals surface area contributed by atoms with Crippen molar-refractivity contribution in [3.63, 3.8) is 0 Å². The van der Waals surface area contributed by atoms with E-state index in [1.165, 1.54) is 26.6 Å². The topological polar surface area (TPSA) is 91.6 Å². The summed E-state index contributed by atoms with van der Waals surface area (Å²) in [5.41, 5.74) is 0.446. The summed E-state index contributed by atoms with van der Waals surface area (Å²) in [6.45, 7) is 1.06. The highest BCUT2D eigenvalue weighted by atomic mass is 16.5. The number of aryl methyl sites for hydroxylation is 1. The van der Waals surface area contributed by atoms with Gasteiger partial charge in [-0.2, -0.15) is 4.98 Å². The van der Waals surface area contributed by atoms with Crippen molar-refractivity contribution in [1.29, 1.82) is 0 Å². The first-order valence-corrected chi connectivity index (χ1v) is 7.50. The number of rotatable bonds is 5. The summed E-state index contributed by atoms with van der Waals surface area (Å²) in [7, 11) is 4.76. The van der Waals surface area contributed by atoms with Gasteiger partial charge in [-0.25, -0.2) is 0 Å². The van der Waals surface area contributed by atoms with Crippen molar-refractivity contribution in [3.8, 4) is 17.6 Å². The Hall–Kier alpha value is -2.84. The van der Waals surface area contributed by atoms with Crippen LogP contribution in [0, 0.1) is 0 Å². The summed E-state index contributed by atoms with van der Waals surface area (Å²) in [6, 6.07) is 0. The van der Waals surface area contributed by atoms with Crippen molar-refractivity contribution >= 4 is 5.91 Å². The van der Waals surface area contributed by atoms with Crippen LogP contribution < -0.4 is 14.2 Å². The maximum absolute atomic E-state index is 12.6. The highest BCUT2D eigenvalue weighted by Crippen LogP contribution is 2.22. The van der Waals surface area contributed by atoms with E-state index in [0.29, 0.717) is 42.7 Å². The third kappa shape index (κ3) is 3.24. The molecule has 1 aliphatic rings. The van der Waals surface area contributed by atoms with Crippen molar-refractivity contribution in [3.05, 3.63) is 24.2 Å². The van der Waals surface area contributed by atoms with Crippen LogP contribution in [0.15, 0.2) is 18.6 Å². The third-order valence-electron chi connectivity index (χ3n) is 3.74. The highest BCUT2D eigenvalue weighted by molar-refractivity contribution is 5.96. The maximum atomic E-state index is 12.6. The van der Waals surface area contributed by atoms with Crippen LogP contribution in [0.5, 0.6) is 17.6 Å². The van der Waals surface area contributed by atoms with E-state index in [4.69, 9.17) is 14.2 Å². The minimum atomic E-state index is -0.141. The van der Waals surface area contributed by atoms with Gasteiger partial charge in [0.2, 0.25) is 17.6 Å². The minimum absolute atomic E-state index is 0.122. The average molecular weight is 333 g/mol. The molecule has 0 radical (unpaired) electrons. The van der Waals surface area contributed by atoms with Gasteiger partial charge >= 0.3 is 0 Å². The molecule has 0 unspecified atom stereocenters. The van der Waals surface area contributed by atoms with E-state index in [0.717, 1.165) is 0 Å². The van der Waals surface area contributed by atoms with Crippen LogP contribution in [0.4, 0.5) is 0 Å². The van der Waals surface area contributed by atoms with Gasteiger partial charge in [0.15, 0.2) is 0 Å². The number of methoxy groups -OCH3 is 2. The molecule has 0 spiro atoms. The van der Waals surface area contributed by atoms with Crippen LogP contribution in [0.3, 0.4) is 0 Å². The molecule has 0 saturated carbocycles. The normalized spacial score (nSPS) is 17.0. The molecule has 2 aromatic rings. The van der Waals surface area contributed by atoms with E-state index in [2.05, 4.69) is 15.1 Å². The summed E-state index contributed by atoms with van der Waals surface area (Å²) in [4.78, 5) is 22.5. The maximum Gasteiger partial charge on any atom is 0.261 e. The lowest BCUT2D eigenvalue weighted by Crippen LogP contribution is -2.31. The molecule has 0 N–H and O–H groups in total. The number of hydrogen-bond donors (Lipinski definition) is 0. The van der Waals surface area contributed by atoms with Crippen LogP contribution >= 0.6 is 0 Å². The van der Waals surface area contributed by atoms with Gasteiger partial charge in [-0.3, -0.25) is 14.5 Å². The second kappa shape index (κ2) is 6.73. The SMILES string of the molecule is COc1cncc(O[C@H]2CCN(C(=O)c3cn(C)nc3OC)C2)n1. The molecular weight excluding hydrogens is 314 g/mol. The second-order valence-corrected chi connectivity index (χ2v) is 5.41. The molecule has 1 fully saturated rings. The van der Waals surface area contributed by atoms with Gasteiger partial charge in [-0.1, -0.05) is 0 Å². The molecule has 1 saturated heterocycles. The number of likely N-dealkylation sites (tertiary alicyclic amines) is 1. The lowest BCUT2D eigenvalue weighted by molar-refractivity contribution is 0.0767. The van der Waals surface area contributed by atoms with Crippen LogP contribution in [0.2, 0.25) is 0 Å². The van der Waals surface area contributed by atoms with E-state index in [1.54, 1.807) is 22.8 Å². The number of carbonyl (C=O) groups excluding carboxylic acids is 1. The van der Waals surface area contributed by atoms with Crippen molar-refractivity contribution in [2.45, 2.75) is 12.5 Å². The number of aromatic nitrogens is 4. The van der Waals surface area contributed by atoms with E-state index in [1.807, 2.05) is 0 Å². The van der Waals surface area contributed by atoms with Gasteiger partial charge in [-0.15, -0.1) is 5.10 Å². The average Bonchev–Trinajstić information content (AvgIpc) is 3.20. The highest BCUT2D eigenvalue weighted by Gasteiger charge is 2.31. The zero-order chi connectivity index (χ0) is 17.1. The fourth-order valence-electron chi connectivity index (χ4n) is 2.60. The fourth-order valence-corrected chi connectivity index (χ4v) is 2.60. The molecule has 2 aromatic heterocycles. The van der Waals surface area contributed by atoms with Crippen LogP contribution in [-0.4, -0.2) is 64.0 Å². The first kappa shape index (κ1) is 16.0. The van der Waals surface area contributed by atoms with Crippen molar-refractivity contribution in [1.82, 2.24) is 24.6 Å². The minimum Gasteiger partial charge on any atom is -0.480 e. The fraction of sp³-hybridized carbons (Fsp3) is 0.467. The van der Waals surface area contributed by atoms with E-state index < -0.39 is 0 Å². The standard InChI is InChI=1S/C15H19N5O4/c1-19-9-11(14(18-19)23-3)15(21)20-5-4-10(8-20)24-13-7-16-6-12(17-13)22-2/h6-7,9-10H,4-5,8H2,1-3H3/t10-/m0/s1. The predicted molar refractivity (Wildman–Crippen MR) is 83.3 cm³/mol. The molecular formula is C15H19N5O4. The van der Waals surface area contributed by atoms with Gasteiger partial charge in [0, 0.05) is 26.2 Å². The van der Waals surface area contributed by atoms with Crippen LogP contribution in [0.1, 0.15) is 16.8 Å². The Kier molecular flexibility index (Phi) is 4.50. The molecule has 128 valence electrons. The summed E-state index contributed by atoms with van der Waals surface area (Å²) in [5.74, 6) is 0.972. The summed E-state index contributed by atoms with van der Waals surface area (Å²) in [5, 5.41) is 4.11. The molecule has 1 amide bonds. The summed E-state index contributed by atoms with van der Waals surface area (Å²) < 4.78 is 17.5. The number of carbonyl (C=O) groups is 1. The molecule has 1 aliphatic heterocycles. The first-order valence-electron chi connectivity index (χ1n) is 7.50. The number of hydrogen-bond acceptors (Lipinski definition) is 7. The zero-order valence-corrected chi connectivity index (χ0v) is 13.8. The largest absolute Gasteiger partial charge is 0.480 e. The Morgan fingerprint density at radius 1 is 1.25 bits per heavy atom. The first-order chi connectivity index (χ1) is 11.6. The smallest absolute Gasteiger partial charge is 0.261 e. The Morgan fingerprint density at radius 2 is 2.04 bits per heavy atom. The van der Waals surface area contributed by atoms with Gasteiger partial charge in [-0.05, 0) is 0 Å². The van der Waals surface area contributed by atoms with Gasteiger partial charge in [0.05, 0.1) is 33.2 Å². The Balaban J connectivity index is 1.65. The molecule has 9 nitrogen and oxygen atoms in total. The van der Waals surface area contributed by atoms with Gasteiger partial charge in [0.25, 0.3) is 5.91 Å². The van der Waals surface area contributed by atoms with Crippen molar-refractivity contribution in [2.75, 3.05) is 27.3 Å². The Labute approximate surface area is 139 Å². The number of nitrogens with zero attached hydrogens (tertiary/aromatic N) is 5. The zero-order valence-electron chi connectivity index (χ0n) is 13.8. The Bertz CT molecular complexity index is 732.